The van der Waals surface area contributed by atoms with Crippen molar-refractivity contribution in [3.63, 3.8) is 0 Å². The van der Waals surface area contributed by atoms with Crippen LogP contribution >= 0.6 is 0 Å². The quantitative estimate of drug-likeness (QED) is 0.175. The second-order valence-electron chi connectivity index (χ2n) is 14.7. The van der Waals surface area contributed by atoms with Crippen LogP contribution in [-0.4, -0.2) is 97.0 Å². The number of Topliss-reactive ketones (excluding diaryl/α,β-unsaturated/α-hetero) is 1. The molecule has 2 aromatic rings. The van der Waals surface area contributed by atoms with Gasteiger partial charge < -0.3 is 29.7 Å². The van der Waals surface area contributed by atoms with Gasteiger partial charge in [0, 0.05) is 25.1 Å². The minimum atomic E-state index is -0.547. The maximum atomic E-state index is 13.1. The van der Waals surface area contributed by atoms with E-state index in [2.05, 4.69) is 19.2 Å². The molecule has 1 unspecified atom stereocenters. The molecule has 258 valence electrons. The average molecular weight is 655 g/mol. The second kappa shape index (κ2) is 15.0. The number of carbonyl (C=O) groups excluding carboxylic acids is 4. The molecule has 2 aliphatic rings. The molecule has 12 nitrogen and oxygen atoms in total. The van der Waals surface area contributed by atoms with E-state index in [4.69, 9.17) is 25.0 Å². The van der Waals surface area contributed by atoms with Gasteiger partial charge in [-0.05, 0) is 62.1 Å². The molecule has 1 aromatic carbocycles. The van der Waals surface area contributed by atoms with Gasteiger partial charge in [0.15, 0.2) is 11.9 Å². The van der Waals surface area contributed by atoms with Gasteiger partial charge in [-0.2, -0.15) is 5.10 Å². The third-order valence-corrected chi connectivity index (χ3v) is 8.68. The summed E-state index contributed by atoms with van der Waals surface area (Å²) >= 11 is 0. The average Bonchev–Trinajstić information content (AvgIpc) is 3.32. The van der Waals surface area contributed by atoms with E-state index in [0.717, 1.165) is 54.7 Å². The zero-order chi connectivity index (χ0) is 34.5. The van der Waals surface area contributed by atoms with Gasteiger partial charge in [-0.15, -0.1) is 0 Å². The second-order valence-corrected chi connectivity index (χ2v) is 14.7. The van der Waals surface area contributed by atoms with E-state index in [1.54, 1.807) is 6.07 Å². The maximum absolute atomic E-state index is 13.1. The Labute approximate surface area is 277 Å². The highest BCUT2D eigenvalue weighted by atomic mass is 16.6. The summed E-state index contributed by atoms with van der Waals surface area (Å²) in [5.41, 5.74) is 9.87. The van der Waals surface area contributed by atoms with Crippen molar-refractivity contribution in [3.05, 3.63) is 40.7 Å². The Hall–Kier alpha value is -3.77. The molecule has 1 saturated carbocycles. The molecular formula is C35H52N5O7+. The first kappa shape index (κ1) is 36.1. The number of carbonyl (C=O) groups is 4. The van der Waals surface area contributed by atoms with Gasteiger partial charge in [0.05, 0.1) is 68.5 Å². The Morgan fingerprint density at radius 1 is 1.11 bits per heavy atom. The third kappa shape index (κ3) is 9.87. The van der Waals surface area contributed by atoms with Gasteiger partial charge in [0.1, 0.15) is 13.2 Å². The molecule has 0 bridgehead atoms. The molecule has 0 saturated heterocycles. The number of hydrogen-bond donors (Lipinski definition) is 2. The highest BCUT2D eigenvalue weighted by Gasteiger charge is 2.36. The number of likely N-dealkylation sites (N-methyl/N-ethyl adjacent to an activating group) is 1. The number of ketones is 1. The van der Waals surface area contributed by atoms with Crippen LogP contribution in [0.25, 0.3) is 5.69 Å². The molecule has 1 fully saturated rings. The normalized spacial score (nSPS) is 19.9. The number of benzene rings is 1. The van der Waals surface area contributed by atoms with Crippen molar-refractivity contribution in [2.75, 3.05) is 46.2 Å². The van der Waals surface area contributed by atoms with Crippen LogP contribution in [0.15, 0.2) is 18.2 Å². The maximum Gasteiger partial charge on any atom is 0.309 e. The lowest BCUT2D eigenvalue weighted by Crippen LogP contribution is -2.43. The highest BCUT2D eigenvalue weighted by molar-refractivity contribution is 6.00. The number of amides is 1. The summed E-state index contributed by atoms with van der Waals surface area (Å²) in [6, 6.07) is 5.57. The van der Waals surface area contributed by atoms with Crippen LogP contribution in [0.4, 0.5) is 5.69 Å². The number of aromatic nitrogens is 2. The monoisotopic (exact) mass is 654 g/mol. The van der Waals surface area contributed by atoms with Crippen LogP contribution in [0.3, 0.4) is 0 Å². The van der Waals surface area contributed by atoms with Crippen LogP contribution < -0.4 is 11.1 Å². The van der Waals surface area contributed by atoms with Gasteiger partial charge in [-0.1, -0.05) is 20.8 Å². The molecule has 0 radical (unpaired) electrons. The van der Waals surface area contributed by atoms with Crippen molar-refractivity contribution in [1.82, 2.24) is 9.78 Å². The van der Waals surface area contributed by atoms with Crippen molar-refractivity contribution >= 4 is 29.3 Å². The number of esters is 2. The van der Waals surface area contributed by atoms with E-state index < -0.39 is 23.9 Å². The standard InChI is InChI=1S/C35H51N5O7/c1-8-28-33-30(19-35(3,4)20-31(33)42)39(38-28)24-11-14-27(34(36)44)29(17-24)37-23-9-12-25(13-10-23)45-15-16-46-32(43)18-26(47-22(2)41)21-40(5,6)7/h11,14,17,23,25-26H,8-10,12-13,15-16,18-21H2,1-7H3,(H2-,36,37,44)/p+1. The van der Waals surface area contributed by atoms with Gasteiger partial charge in [0.25, 0.3) is 5.91 Å². The first-order valence-electron chi connectivity index (χ1n) is 16.6. The zero-order valence-corrected chi connectivity index (χ0v) is 29.0. The minimum Gasteiger partial charge on any atom is -0.463 e. The van der Waals surface area contributed by atoms with E-state index in [9.17, 15) is 19.2 Å². The minimum absolute atomic E-state index is 0.000875. The van der Waals surface area contributed by atoms with Crippen LogP contribution in [-0.2, 0) is 36.6 Å². The number of ether oxygens (including phenoxy) is 3. The number of rotatable bonds is 14. The molecule has 0 aliphatic heterocycles. The van der Waals surface area contributed by atoms with Gasteiger partial charge >= 0.3 is 11.9 Å². The lowest BCUT2D eigenvalue weighted by molar-refractivity contribution is -0.873. The number of primary amides is 1. The molecule has 12 heteroatoms. The Balaban J connectivity index is 1.32. The summed E-state index contributed by atoms with van der Waals surface area (Å²) in [5.74, 6) is -1.24. The third-order valence-electron chi connectivity index (χ3n) is 8.68. The smallest absolute Gasteiger partial charge is 0.309 e. The summed E-state index contributed by atoms with van der Waals surface area (Å²) < 4.78 is 19.1. The van der Waals surface area contributed by atoms with Crippen molar-refractivity contribution in [2.45, 2.75) is 97.3 Å². The topological polar surface area (TPSA) is 152 Å². The summed E-state index contributed by atoms with van der Waals surface area (Å²) in [6.07, 6.45) is 4.63. The SMILES string of the molecule is CCc1nn(-c2ccc(C(N)=O)c(NC3CCC(OCCOC(=O)CC(C[N+](C)(C)C)OC(C)=O)CC3)c2)c2c1C(=O)CC(C)(C)C2. The summed E-state index contributed by atoms with van der Waals surface area (Å²) in [6.45, 7) is 8.45. The Morgan fingerprint density at radius 2 is 1.81 bits per heavy atom. The Kier molecular flexibility index (Phi) is 11.5. The molecule has 4 rings (SSSR count). The summed E-state index contributed by atoms with van der Waals surface area (Å²) in [7, 11) is 5.90. The fraction of sp³-hybridized carbons (Fsp3) is 0.629. The molecule has 1 heterocycles. The number of nitrogens with zero attached hydrogens (tertiary/aromatic N) is 3. The van der Waals surface area contributed by atoms with Gasteiger partial charge in [-0.3, -0.25) is 19.2 Å². The molecule has 3 N–H and O–H groups in total. The number of aryl methyl sites for hydroxylation is 1. The van der Waals surface area contributed by atoms with Gasteiger partial charge in [0.2, 0.25) is 0 Å². The highest BCUT2D eigenvalue weighted by Crippen LogP contribution is 2.38. The van der Waals surface area contributed by atoms with Crippen molar-refractivity contribution in [2.24, 2.45) is 11.1 Å². The molecule has 2 aliphatic carbocycles. The van der Waals surface area contributed by atoms with Gasteiger partial charge in [-0.25, -0.2) is 4.68 Å². The lowest BCUT2D eigenvalue weighted by atomic mass is 9.75. The zero-order valence-electron chi connectivity index (χ0n) is 29.0. The van der Waals surface area contributed by atoms with Crippen LogP contribution in [0.5, 0.6) is 0 Å². The predicted molar refractivity (Wildman–Crippen MR) is 178 cm³/mol. The van der Waals surface area contributed by atoms with Crippen molar-refractivity contribution < 1.29 is 37.9 Å². The Bertz CT molecular complexity index is 1470. The lowest BCUT2D eigenvalue weighted by Gasteiger charge is -2.31. The van der Waals surface area contributed by atoms with E-state index >= 15 is 0 Å². The van der Waals surface area contributed by atoms with Crippen LogP contribution in [0.2, 0.25) is 0 Å². The number of anilines is 1. The molecule has 1 atom stereocenters. The fourth-order valence-corrected chi connectivity index (χ4v) is 6.68. The fourth-order valence-electron chi connectivity index (χ4n) is 6.68. The van der Waals surface area contributed by atoms with E-state index in [1.165, 1.54) is 6.92 Å². The van der Waals surface area contributed by atoms with Crippen LogP contribution in [0.1, 0.15) is 98.3 Å². The predicted octanol–water partition coefficient (Wildman–Crippen LogP) is 4.00. The largest absolute Gasteiger partial charge is 0.463 e. The molecule has 0 spiro atoms. The number of quaternary nitrogens is 1. The number of hydrogen-bond acceptors (Lipinski definition) is 9. The first-order valence-corrected chi connectivity index (χ1v) is 16.6. The summed E-state index contributed by atoms with van der Waals surface area (Å²) in [4.78, 5) is 49.3. The number of fused-ring (bicyclic) bond motifs is 1. The first-order chi connectivity index (χ1) is 22.0. The molecule has 1 amide bonds. The van der Waals surface area contributed by atoms with Crippen molar-refractivity contribution in [1.29, 1.82) is 0 Å². The van der Waals surface area contributed by atoms with Crippen LogP contribution in [0, 0.1) is 5.41 Å². The van der Waals surface area contributed by atoms with E-state index in [-0.39, 0.29) is 43.0 Å². The molecule has 1 aromatic heterocycles. The summed E-state index contributed by atoms with van der Waals surface area (Å²) in [5, 5.41) is 8.38. The van der Waals surface area contributed by atoms with E-state index in [1.807, 2.05) is 44.9 Å². The molecule has 47 heavy (non-hydrogen) atoms. The van der Waals surface area contributed by atoms with Crippen molar-refractivity contribution in [3.8, 4) is 5.69 Å². The number of nitrogens with two attached hydrogens (primary N) is 1. The van der Waals surface area contributed by atoms with E-state index in [0.29, 0.717) is 35.1 Å². The molecular weight excluding hydrogens is 602 g/mol. The number of nitrogens with one attached hydrogen (secondary N) is 1. The Morgan fingerprint density at radius 3 is 2.43 bits per heavy atom.